The van der Waals surface area contributed by atoms with Crippen molar-refractivity contribution >= 4 is 11.6 Å². The maximum Gasteiger partial charge on any atom is 0.264 e. The van der Waals surface area contributed by atoms with Gasteiger partial charge >= 0.3 is 0 Å². The average molecular weight is 315 g/mol. The molecule has 0 saturated heterocycles. The number of oxime groups is 1. The number of benzene rings is 1. The van der Waals surface area contributed by atoms with Crippen LogP contribution in [-0.4, -0.2) is 30.0 Å². The minimum Gasteiger partial charge on any atom is -0.497 e. The molecule has 120 valence electrons. The number of aromatic nitrogens is 1. The van der Waals surface area contributed by atoms with Gasteiger partial charge in [-0.15, -0.1) is 0 Å². The summed E-state index contributed by atoms with van der Waals surface area (Å²) < 4.78 is 9.91. The van der Waals surface area contributed by atoms with E-state index in [0.29, 0.717) is 25.1 Å². The molecule has 1 amide bonds. The minimum absolute atomic E-state index is 0.211. The van der Waals surface area contributed by atoms with Crippen molar-refractivity contribution in [3.63, 3.8) is 0 Å². The van der Waals surface area contributed by atoms with Crippen LogP contribution < -0.4 is 10.1 Å². The Morgan fingerprint density at radius 3 is 3.13 bits per heavy atom. The first-order valence-corrected chi connectivity index (χ1v) is 7.26. The van der Waals surface area contributed by atoms with Crippen LogP contribution in [0.3, 0.4) is 0 Å². The highest BCUT2D eigenvalue weighted by molar-refractivity contribution is 5.93. The molecule has 0 fully saturated rings. The predicted octanol–water partition coefficient (Wildman–Crippen LogP) is 1.69. The molecular formula is C16H17N3O4. The van der Waals surface area contributed by atoms with Crippen LogP contribution in [0.2, 0.25) is 0 Å². The van der Waals surface area contributed by atoms with Crippen LogP contribution >= 0.6 is 0 Å². The van der Waals surface area contributed by atoms with Crippen molar-refractivity contribution in [1.29, 1.82) is 0 Å². The second kappa shape index (κ2) is 6.95. The van der Waals surface area contributed by atoms with E-state index in [9.17, 15) is 4.79 Å². The summed E-state index contributed by atoms with van der Waals surface area (Å²) in [6.45, 7) is 0.306. The third-order valence-electron chi connectivity index (χ3n) is 3.50. The second-order valence-corrected chi connectivity index (χ2v) is 5.19. The summed E-state index contributed by atoms with van der Waals surface area (Å²) in [5.74, 6) is 0.585. The summed E-state index contributed by atoms with van der Waals surface area (Å²) in [6, 6.07) is 9.44. The monoisotopic (exact) mass is 315 g/mol. The fraction of sp³-hybridized carbons (Fsp3) is 0.312. The van der Waals surface area contributed by atoms with Crippen molar-refractivity contribution in [2.24, 2.45) is 5.16 Å². The normalized spacial score (nSPS) is 16.6. The Balaban J connectivity index is 1.50. The SMILES string of the molecule is COc1cccc(CC2=NO[C@H](C(=O)NCc3ccon3)C2)c1. The van der Waals surface area contributed by atoms with Gasteiger partial charge in [0.25, 0.3) is 5.91 Å². The van der Waals surface area contributed by atoms with Gasteiger partial charge in [0.05, 0.1) is 19.4 Å². The first-order valence-electron chi connectivity index (χ1n) is 7.26. The highest BCUT2D eigenvalue weighted by atomic mass is 16.6. The van der Waals surface area contributed by atoms with Gasteiger partial charge in [0.1, 0.15) is 17.7 Å². The molecule has 0 bridgehead atoms. The summed E-state index contributed by atoms with van der Waals surface area (Å²) in [5.41, 5.74) is 2.56. The first kappa shape index (κ1) is 15.1. The highest BCUT2D eigenvalue weighted by Crippen LogP contribution is 2.18. The third-order valence-corrected chi connectivity index (χ3v) is 3.50. The molecule has 7 heteroatoms. The Labute approximate surface area is 133 Å². The number of amides is 1. The summed E-state index contributed by atoms with van der Waals surface area (Å²) >= 11 is 0. The van der Waals surface area contributed by atoms with Crippen molar-refractivity contribution < 1.29 is 18.9 Å². The minimum atomic E-state index is -0.595. The molecule has 1 atom stereocenters. The number of nitrogens with zero attached hydrogens (tertiary/aromatic N) is 2. The lowest BCUT2D eigenvalue weighted by molar-refractivity contribution is -0.131. The van der Waals surface area contributed by atoms with Crippen LogP contribution in [0, 0.1) is 0 Å². The quantitative estimate of drug-likeness (QED) is 0.876. The number of rotatable bonds is 6. The standard InChI is InChI=1S/C16H17N3O4/c1-21-14-4-2-3-11(8-14)7-13-9-15(23-19-13)16(20)17-10-12-5-6-22-18-12/h2-6,8,15H,7,9-10H2,1H3,(H,17,20)/t15-/m0/s1. The van der Waals surface area contributed by atoms with Gasteiger partial charge in [-0.1, -0.05) is 22.4 Å². The molecule has 0 unspecified atom stereocenters. The van der Waals surface area contributed by atoms with Crippen molar-refractivity contribution in [1.82, 2.24) is 10.5 Å². The predicted molar refractivity (Wildman–Crippen MR) is 82.0 cm³/mol. The van der Waals surface area contributed by atoms with Crippen LogP contribution in [0.4, 0.5) is 0 Å². The molecule has 2 heterocycles. The van der Waals surface area contributed by atoms with Crippen LogP contribution in [-0.2, 0) is 22.6 Å². The topological polar surface area (TPSA) is 86.0 Å². The first-order chi connectivity index (χ1) is 11.2. The molecule has 2 aromatic rings. The zero-order valence-corrected chi connectivity index (χ0v) is 12.7. The van der Waals surface area contributed by atoms with Gasteiger partial charge in [-0.25, -0.2) is 0 Å². The Morgan fingerprint density at radius 1 is 1.43 bits per heavy atom. The van der Waals surface area contributed by atoms with E-state index in [1.54, 1.807) is 13.2 Å². The lowest BCUT2D eigenvalue weighted by Gasteiger charge is -2.08. The average Bonchev–Trinajstić information content (AvgIpc) is 3.24. The Morgan fingerprint density at radius 2 is 2.35 bits per heavy atom. The second-order valence-electron chi connectivity index (χ2n) is 5.19. The van der Waals surface area contributed by atoms with Gasteiger partial charge in [-0.05, 0) is 17.7 Å². The maximum atomic E-state index is 12.1. The van der Waals surface area contributed by atoms with Gasteiger partial charge in [-0.3, -0.25) is 4.79 Å². The third kappa shape index (κ3) is 3.88. The number of hydrogen-bond acceptors (Lipinski definition) is 6. The van der Waals surface area contributed by atoms with Gasteiger partial charge in [0, 0.05) is 18.9 Å². The zero-order valence-electron chi connectivity index (χ0n) is 12.7. The van der Waals surface area contributed by atoms with E-state index < -0.39 is 6.10 Å². The Bertz CT molecular complexity index is 697. The summed E-state index contributed by atoms with van der Waals surface area (Å²) in [5, 5.41) is 10.5. The fourth-order valence-corrected chi connectivity index (χ4v) is 2.31. The van der Waals surface area contributed by atoms with Crippen LogP contribution in [0.5, 0.6) is 5.75 Å². The Kier molecular flexibility index (Phi) is 4.56. The van der Waals surface area contributed by atoms with Gasteiger partial charge in [-0.2, -0.15) is 0 Å². The van der Waals surface area contributed by atoms with E-state index in [1.807, 2.05) is 24.3 Å². The molecule has 1 aliphatic heterocycles. The van der Waals surface area contributed by atoms with Gasteiger partial charge in [0.15, 0.2) is 0 Å². The van der Waals surface area contributed by atoms with Gasteiger partial charge < -0.3 is 19.4 Å². The summed E-state index contributed by atoms with van der Waals surface area (Å²) in [4.78, 5) is 17.3. The van der Waals surface area contributed by atoms with E-state index in [1.165, 1.54) is 6.26 Å². The maximum absolute atomic E-state index is 12.1. The molecule has 3 rings (SSSR count). The van der Waals surface area contributed by atoms with E-state index in [4.69, 9.17) is 14.1 Å². The molecule has 0 saturated carbocycles. The lowest BCUT2D eigenvalue weighted by Crippen LogP contribution is -2.34. The largest absolute Gasteiger partial charge is 0.497 e. The highest BCUT2D eigenvalue weighted by Gasteiger charge is 2.28. The molecule has 1 aliphatic rings. The Hall–Kier alpha value is -2.83. The summed E-state index contributed by atoms with van der Waals surface area (Å²) in [6.07, 6.45) is 1.97. The van der Waals surface area contributed by atoms with E-state index >= 15 is 0 Å². The number of carbonyl (C=O) groups is 1. The molecule has 1 aromatic carbocycles. The number of hydrogen-bond donors (Lipinski definition) is 1. The van der Waals surface area contributed by atoms with Crippen molar-refractivity contribution in [3.8, 4) is 5.75 Å². The lowest BCUT2D eigenvalue weighted by atomic mass is 10.0. The van der Waals surface area contributed by atoms with E-state index in [0.717, 1.165) is 17.0 Å². The van der Waals surface area contributed by atoms with Crippen molar-refractivity contribution in [2.75, 3.05) is 7.11 Å². The van der Waals surface area contributed by atoms with E-state index in [2.05, 4.69) is 15.6 Å². The number of ether oxygens (including phenoxy) is 1. The number of carbonyl (C=O) groups excluding carboxylic acids is 1. The number of nitrogens with one attached hydrogen (secondary N) is 1. The molecule has 0 spiro atoms. The van der Waals surface area contributed by atoms with Crippen LogP contribution in [0.15, 0.2) is 46.3 Å². The summed E-state index contributed by atoms with van der Waals surface area (Å²) in [7, 11) is 1.63. The fourth-order valence-electron chi connectivity index (χ4n) is 2.31. The van der Waals surface area contributed by atoms with Crippen LogP contribution in [0.1, 0.15) is 17.7 Å². The number of methoxy groups -OCH3 is 1. The smallest absolute Gasteiger partial charge is 0.264 e. The molecular weight excluding hydrogens is 298 g/mol. The van der Waals surface area contributed by atoms with Crippen molar-refractivity contribution in [2.45, 2.75) is 25.5 Å². The van der Waals surface area contributed by atoms with E-state index in [-0.39, 0.29) is 5.91 Å². The van der Waals surface area contributed by atoms with Crippen LogP contribution in [0.25, 0.3) is 0 Å². The molecule has 0 aliphatic carbocycles. The molecule has 1 N–H and O–H groups in total. The van der Waals surface area contributed by atoms with Gasteiger partial charge in [0.2, 0.25) is 6.10 Å². The van der Waals surface area contributed by atoms with Crippen molar-refractivity contribution in [3.05, 3.63) is 47.9 Å². The zero-order chi connectivity index (χ0) is 16.1. The molecule has 23 heavy (non-hydrogen) atoms. The molecule has 1 aromatic heterocycles. The molecule has 7 nitrogen and oxygen atoms in total. The molecule has 0 radical (unpaired) electrons.